The Morgan fingerprint density at radius 3 is 2.21 bits per heavy atom. The van der Waals surface area contributed by atoms with E-state index in [1.807, 2.05) is 30.3 Å². The molecule has 33 heavy (non-hydrogen) atoms. The molecule has 4 rings (SSSR count). The van der Waals surface area contributed by atoms with E-state index in [0.29, 0.717) is 17.0 Å². The molecule has 3 N–H and O–H groups in total. The number of amides is 1. The van der Waals surface area contributed by atoms with Crippen LogP contribution >= 0.6 is 0 Å². The zero-order valence-electron chi connectivity index (χ0n) is 17.4. The van der Waals surface area contributed by atoms with Gasteiger partial charge in [0.15, 0.2) is 0 Å². The van der Waals surface area contributed by atoms with Crippen molar-refractivity contribution in [1.29, 1.82) is 0 Å². The van der Waals surface area contributed by atoms with Crippen molar-refractivity contribution in [2.24, 2.45) is 5.73 Å². The van der Waals surface area contributed by atoms with Crippen LogP contribution in [0.1, 0.15) is 5.56 Å². The van der Waals surface area contributed by atoms with Crippen LogP contribution in [0.4, 0.5) is 5.95 Å². The zero-order chi connectivity index (χ0) is 23.3. The van der Waals surface area contributed by atoms with Crippen molar-refractivity contribution in [3.63, 3.8) is 0 Å². The number of aromatic nitrogens is 2. The van der Waals surface area contributed by atoms with Gasteiger partial charge >= 0.3 is 0 Å². The molecule has 0 unspecified atom stereocenters. The molecule has 1 amide bonds. The van der Waals surface area contributed by atoms with Gasteiger partial charge in [0.05, 0.1) is 17.0 Å². The number of para-hydroxylation sites is 1. The average Bonchev–Trinajstić information content (AvgIpc) is 2.81. The van der Waals surface area contributed by atoms with Gasteiger partial charge in [0.1, 0.15) is 5.75 Å². The molecule has 0 atom stereocenters. The van der Waals surface area contributed by atoms with Gasteiger partial charge in [0, 0.05) is 17.2 Å². The van der Waals surface area contributed by atoms with E-state index in [4.69, 9.17) is 10.5 Å². The van der Waals surface area contributed by atoms with Crippen molar-refractivity contribution in [3.05, 3.63) is 96.6 Å². The van der Waals surface area contributed by atoms with Gasteiger partial charge in [-0.05, 0) is 18.2 Å². The van der Waals surface area contributed by atoms with Crippen molar-refractivity contribution in [2.75, 3.05) is 4.72 Å². The molecule has 4 aromatic rings. The first-order valence-electron chi connectivity index (χ1n) is 9.97. The predicted molar refractivity (Wildman–Crippen MR) is 124 cm³/mol. The summed E-state index contributed by atoms with van der Waals surface area (Å²) in [6.45, 7) is 0. The van der Waals surface area contributed by atoms with Crippen LogP contribution in [0.25, 0.3) is 11.3 Å². The molecule has 0 aliphatic heterocycles. The third-order valence-electron chi connectivity index (χ3n) is 4.60. The number of nitrogens with one attached hydrogen (secondary N) is 1. The Morgan fingerprint density at radius 2 is 1.52 bits per heavy atom. The Labute approximate surface area is 191 Å². The van der Waals surface area contributed by atoms with Crippen LogP contribution in [-0.4, -0.2) is 24.3 Å². The lowest BCUT2D eigenvalue weighted by atomic mass is 10.1. The molecular weight excluding hydrogens is 440 g/mol. The van der Waals surface area contributed by atoms with Gasteiger partial charge in [0.25, 0.3) is 10.0 Å². The van der Waals surface area contributed by atoms with Crippen LogP contribution in [0.5, 0.6) is 11.6 Å². The van der Waals surface area contributed by atoms with Gasteiger partial charge in [-0.15, -0.1) is 0 Å². The molecule has 166 valence electrons. The number of nitrogens with zero attached hydrogens (tertiary/aromatic N) is 2. The number of hydrogen-bond acceptors (Lipinski definition) is 6. The highest BCUT2D eigenvalue weighted by Crippen LogP contribution is 2.29. The van der Waals surface area contributed by atoms with Crippen molar-refractivity contribution in [2.45, 2.75) is 11.3 Å². The van der Waals surface area contributed by atoms with E-state index in [0.717, 1.165) is 5.56 Å². The van der Waals surface area contributed by atoms with Gasteiger partial charge in [-0.25, -0.2) is 18.1 Å². The van der Waals surface area contributed by atoms with Gasteiger partial charge in [-0.2, -0.15) is 4.98 Å². The minimum Gasteiger partial charge on any atom is -0.439 e. The molecule has 8 nitrogen and oxygen atoms in total. The molecule has 0 saturated heterocycles. The SMILES string of the molecule is NC(=O)Cc1ccccc1Oc1cc(-c2ccccc2)nc(NS(=O)(=O)c2ccccc2)n1. The number of benzene rings is 3. The summed E-state index contributed by atoms with van der Waals surface area (Å²) >= 11 is 0. The van der Waals surface area contributed by atoms with Crippen LogP contribution in [0, 0.1) is 0 Å². The van der Waals surface area contributed by atoms with E-state index >= 15 is 0 Å². The fourth-order valence-electron chi connectivity index (χ4n) is 3.11. The first kappa shape index (κ1) is 22.0. The Hall–Kier alpha value is -4.24. The van der Waals surface area contributed by atoms with E-state index in [1.165, 1.54) is 12.1 Å². The summed E-state index contributed by atoms with van der Waals surface area (Å²) in [6.07, 6.45) is -0.0136. The summed E-state index contributed by atoms with van der Waals surface area (Å²) in [6, 6.07) is 25.6. The van der Waals surface area contributed by atoms with Crippen molar-refractivity contribution in [3.8, 4) is 22.9 Å². The largest absolute Gasteiger partial charge is 0.439 e. The summed E-state index contributed by atoms with van der Waals surface area (Å²) < 4.78 is 34.0. The second kappa shape index (κ2) is 9.49. The molecule has 1 aromatic heterocycles. The molecular formula is C24H20N4O4S. The second-order valence-electron chi connectivity index (χ2n) is 7.05. The summed E-state index contributed by atoms with van der Waals surface area (Å²) in [5.74, 6) is -0.171. The normalized spacial score (nSPS) is 11.0. The molecule has 0 spiro atoms. The molecule has 0 saturated carbocycles. The highest BCUT2D eigenvalue weighted by Gasteiger charge is 2.18. The van der Waals surface area contributed by atoms with Crippen LogP contribution < -0.4 is 15.2 Å². The molecule has 0 bridgehead atoms. The van der Waals surface area contributed by atoms with Gasteiger partial charge in [-0.3, -0.25) is 4.79 Å². The molecule has 3 aromatic carbocycles. The number of primary amides is 1. The van der Waals surface area contributed by atoms with Gasteiger partial charge in [-0.1, -0.05) is 66.7 Å². The third-order valence-corrected chi connectivity index (χ3v) is 5.95. The number of carbonyl (C=O) groups excluding carboxylic acids is 1. The van der Waals surface area contributed by atoms with Crippen LogP contribution in [0.2, 0.25) is 0 Å². The molecule has 0 radical (unpaired) electrons. The Kier molecular flexibility index (Phi) is 6.32. The summed E-state index contributed by atoms with van der Waals surface area (Å²) in [4.78, 5) is 20.1. The number of carbonyl (C=O) groups is 1. The first-order chi connectivity index (χ1) is 15.9. The van der Waals surface area contributed by atoms with E-state index in [-0.39, 0.29) is 23.1 Å². The molecule has 0 aliphatic carbocycles. The Balaban J connectivity index is 1.74. The number of rotatable bonds is 8. The topological polar surface area (TPSA) is 124 Å². The number of nitrogens with two attached hydrogens (primary N) is 1. The molecule has 0 fully saturated rings. The number of hydrogen-bond donors (Lipinski definition) is 2. The lowest BCUT2D eigenvalue weighted by Gasteiger charge is -2.13. The number of anilines is 1. The van der Waals surface area contributed by atoms with Crippen molar-refractivity contribution < 1.29 is 17.9 Å². The van der Waals surface area contributed by atoms with E-state index < -0.39 is 15.9 Å². The maximum atomic E-state index is 12.8. The van der Waals surface area contributed by atoms with E-state index in [2.05, 4.69) is 14.7 Å². The molecule has 0 aliphatic rings. The third kappa shape index (κ3) is 5.52. The highest BCUT2D eigenvalue weighted by atomic mass is 32.2. The molecule has 1 heterocycles. The quantitative estimate of drug-likeness (QED) is 0.412. The monoisotopic (exact) mass is 460 g/mol. The maximum absolute atomic E-state index is 12.8. The lowest BCUT2D eigenvalue weighted by Crippen LogP contribution is -2.16. The summed E-state index contributed by atoms with van der Waals surface area (Å²) in [5.41, 5.74) is 7.12. The standard InChI is InChI=1S/C24H20N4O4S/c25-22(29)15-18-11-7-8-14-21(18)32-23-16-20(17-9-3-1-4-10-17)26-24(27-23)28-33(30,31)19-12-5-2-6-13-19/h1-14,16H,15H2,(H2,25,29)(H,26,27,28). The fraction of sp³-hybridized carbons (Fsp3) is 0.0417. The number of ether oxygens (including phenoxy) is 1. The van der Waals surface area contributed by atoms with Gasteiger partial charge < -0.3 is 10.5 Å². The van der Waals surface area contributed by atoms with E-state index in [1.54, 1.807) is 48.5 Å². The first-order valence-corrected chi connectivity index (χ1v) is 11.5. The zero-order valence-corrected chi connectivity index (χ0v) is 18.2. The van der Waals surface area contributed by atoms with Gasteiger partial charge in [0.2, 0.25) is 17.7 Å². The minimum absolute atomic E-state index is 0.0136. The fourth-order valence-corrected chi connectivity index (χ4v) is 4.07. The van der Waals surface area contributed by atoms with Crippen molar-refractivity contribution >= 4 is 21.9 Å². The number of sulfonamides is 1. The Bertz CT molecular complexity index is 1380. The predicted octanol–water partition coefficient (Wildman–Crippen LogP) is 3.76. The summed E-state index contributed by atoms with van der Waals surface area (Å²) in [5, 5.41) is 0. The summed E-state index contributed by atoms with van der Waals surface area (Å²) in [7, 11) is -3.92. The van der Waals surface area contributed by atoms with E-state index in [9.17, 15) is 13.2 Å². The van der Waals surface area contributed by atoms with Crippen LogP contribution in [-0.2, 0) is 21.2 Å². The molecule has 9 heteroatoms. The highest BCUT2D eigenvalue weighted by molar-refractivity contribution is 7.92. The second-order valence-corrected chi connectivity index (χ2v) is 8.73. The van der Waals surface area contributed by atoms with Crippen LogP contribution in [0.3, 0.4) is 0 Å². The maximum Gasteiger partial charge on any atom is 0.264 e. The average molecular weight is 461 g/mol. The van der Waals surface area contributed by atoms with Crippen LogP contribution in [0.15, 0.2) is 95.9 Å². The smallest absolute Gasteiger partial charge is 0.264 e. The Morgan fingerprint density at radius 1 is 0.879 bits per heavy atom. The minimum atomic E-state index is -3.92. The van der Waals surface area contributed by atoms with Crippen molar-refractivity contribution in [1.82, 2.24) is 9.97 Å². The lowest BCUT2D eigenvalue weighted by molar-refractivity contribution is -0.117.